The molecule has 2 fully saturated rings. The van der Waals surface area contributed by atoms with E-state index in [9.17, 15) is 4.79 Å². The Morgan fingerprint density at radius 2 is 1.87 bits per heavy atom. The van der Waals surface area contributed by atoms with Crippen molar-refractivity contribution in [3.8, 4) is 11.4 Å². The van der Waals surface area contributed by atoms with Gasteiger partial charge in [0, 0.05) is 36.4 Å². The number of rotatable bonds is 6. The van der Waals surface area contributed by atoms with Crippen molar-refractivity contribution in [2.45, 2.75) is 37.5 Å². The van der Waals surface area contributed by atoms with Gasteiger partial charge in [-0.05, 0) is 57.2 Å². The van der Waals surface area contributed by atoms with Crippen LogP contribution >= 0.6 is 11.8 Å². The summed E-state index contributed by atoms with van der Waals surface area (Å²) in [5.74, 6) is 1.64. The molecule has 4 rings (SSSR count). The van der Waals surface area contributed by atoms with Gasteiger partial charge in [0.05, 0.1) is 23.7 Å². The minimum Gasteiger partial charge on any atom is -0.378 e. The summed E-state index contributed by atoms with van der Waals surface area (Å²) < 4.78 is 5.37. The van der Waals surface area contributed by atoms with Crippen LogP contribution < -0.4 is 15.5 Å². The monoisotopic (exact) mass is 427 g/mol. The second kappa shape index (κ2) is 8.81. The number of amides is 2. The first-order chi connectivity index (χ1) is 14.4. The average molecular weight is 428 g/mol. The van der Waals surface area contributed by atoms with Gasteiger partial charge in [-0.15, -0.1) is 0 Å². The van der Waals surface area contributed by atoms with Gasteiger partial charge in [-0.25, -0.2) is 14.8 Å². The molecule has 8 heteroatoms. The van der Waals surface area contributed by atoms with Crippen molar-refractivity contribution in [1.29, 1.82) is 0 Å². The predicted molar refractivity (Wildman–Crippen MR) is 122 cm³/mol. The SMILES string of the molecule is CSC(C)(C)c1cc(N2CCOCC2)nc(-c2ccc(NC(=O)NC3CC3)cc2)n1. The van der Waals surface area contributed by atoms with Crippen LogP contribution in [0.25, 0.3) is 11.4 Å². The number of nitrogens with zero attached hydrogens (tertiary/aromatic N) is 3. The summed E-state index contributed by atoms with van der Waals surface area (Å²) in [5, 5.41) is 5.81. The van der Waals surface area contributed by atoms with Crippen molar-refractivity contribution >= 4 is 29.3 Å². The standard InChI is InChI=1S/C22H29N5O2S/c1-22(2,30-3)18-14-19(27-10-12-29-13-11-27)26-20(25-18)15-4-6-16(7-5-15)23-21(28)24-17-8-9-17/h4-7,14,17H,8-13H2,1-3H3,(H2,23,24,28). The molecule has 0 radical (unpaired) electrons. The number of carbonyl (C=O) groups excluding carboxylic acids is 1. The number of hydrogen-bond donors (Lipinski definition) is 2. The van der Waals surface area contributed by atoms with Crippen molar-refractivity contribution in [2.75, 3.05) is 42.8 Å². The Hall–Kier alpha value is -2.32. The zero-order chi connectivity index (χ0) is 21.1. The first-order valence-corrected chi connectivity index (χ1v) is 11.6. The lowest BCUT2D eigenvalue weighted by molar-refractivity contribution is 0.122. The van der Waals surface area contributed by atoms with Crippen molar-refractivity contribution in [3.05, 3.63) is 36.0 Å². The molecular weight excluding hydrogens is 398 g/mol. The molecule has 0 unspecified atom stereocenters. The van der Waals surface area contributed by atoms with E-state index in [2.05, 4.69) is 41.7 Å². The van der Waals surface area contributed by atoms with E-state index in [1.807, 2.05) is 24.3 Å². The Morgan fingerprint density at radius 1 is 1.17 bits per heavy atom. The van der Waals surface area contributed by atoms with Crippen molar-refractivity contribution in [2.24, 2.45) is 0 Å². The Labute approximate surface area is 182 Å². The van der Waals surface area contributed by atoms with Crippen molar-refractivity contribution < 1.29 is 9.53 Å². The van der Waals surface area contributed by atoms with Gasteiger partial charge in [0.2, 0.25) is 0 Å². The Balaban J connectivity index is 1.59. The predicted octanol–water partition coefficient (Wildman–Crippen LogP) is 3.86. The fourth-order valence-electron chi connectivity index (χ4n) is 3.21. The van der Waals surface area contributed by atoms with E-state index >= 15 is 0 Å². The minimum atomic E-state index is -0.153. The van der Waals surface area contributed by atoms with Gasteiger partial charge < -0.3 is 20.3 Å². The van der Waals surface area contributed by atoms with E-state index in [4.69, 9.17) is 14.7 Å². The third kappa shape index (κ3) is 5.05. The molecule has 1 aliphatic carbocycles. The number of ether oxygens (including phenoxy) is 1. The molecule has 160 valence electrons. The Bertz CT molecular complexity index is 893. The van der Waals surface area contributed by atoms with Crippen LogP contribution in [0.3, 0.4) is 0 Å². The third-order valence-electron chi connectivity index (χ3n) is 5.49. The number of morpholine rings is 1. The quantitative estimate of drug-likeness (QED) is 0.729. The Kier molecular flexibility index (Phi) is 6.15. The molecule has 2 aromatic rings. The average Bonchev–Trinajstić information content (AvgIpc) is 3.58. The van der Waals surface area contributed by atoms with Crippen LogP contribution in [0.2, 0.25) is 0 Å². The van der Waals surface area contributed by atoms with Crippen LogP contribution in [-0.4, -0.2) is 54.6 Å². The highest BCUT2D eigenvalue weighted by Crippen LogP contribution is 2.35. The number of aromatic nitrogens is 2. The van der Waals surface area contributed by atoms with Crippen molar-refractivity contribution in [1.82, 2.24) is 15.3 Å². The first kappa shape index (κ1) is 20.9. The molecule has 2 N–H and O–H groups in total. The smallest absolute Gasteiger partial charge is 0.319 e. The second-order valence-electron chi connectivity index (χ2n) is 8.20. The molecule has 1 aromatic heterocycles. The lowest BCUT2D eigenvalue weighted by Crippen LogP contribution is -2.37. The summed E-state index contributed by atoms with van der Waals surface area (Å²) in [7, 11) is 0. The van der Waals surface area contributed by atoms with Crippen LogP contribution in [0.5, 0.6) is 0 Å². The normalized spacial score (nSPS) is 17.0. The van der Waals surface area contributed by atoms with Gasteiger partial charge in [-0.2, -0.15) is 11.8 Å². The largest absolute Gasteiger partial charge is 0.378 e. The summed E-state index contributed by atoms with van der Waals surface area (Å²) in [6.45, 7) is 7.44. The van der Waals surface area contributed by atoms with Gasteiger partial charge >= 0.3 is 6.03 Å². The molecular formula is C22H29N5O2S. The number of anilines is 2. The molecule has 0 atom stereocenters. The molecule has 1 saturated heterocycles. The zero-order valence-corrected chi connectivity index (χ0v) is 18.6. The van der Waals surface area contributed by atoms with Gasteiger partial charge in [0.15, 0.2) is 5.82 Å². The number of urea groups is 1. The fraction of sp³-hybridized carbons (Fsp3) is 0.500. The molecule has 30 heavy (non-hydrogen) atoms. The summed E-state index contributed by atoms with van der Waals surface area (Å²) in [6, 6.07) is 9.99. The first-order valence-electron chi connectivity index (χ1n) is 10.4. The third-order valence-corrected chi connectivity index (χ3v) is 6.72. The number of benzene rings is 1. The highest BCUT2D eigenvalue weighted by molar-refractivity contribution is 7.99. The summed E-state index contributed by atoms with van der Waals surface area (Å²) in [4.78, 5) is 24.0. The summed E-state index contributed by atoms with van der Waals surface area (Å²) in [5.41, 5.74) is 2.69. The highest BCUT2D eigenvalue weighted by Gasteiger charge is 2.25. The summed E-state index contributed by atoms with van der Waals surface area (Å²) >= 11 is 1.77. The topological polar surface area (TPSA) is 79.4 Å². The van der Waals surface area contributed by atoms with Gasteiger partial charge in [-0.1, -0.05) is 0 Å². The van der Waals surface area contributed by atoms with Gasteiger partial charge in [0.1, 0.15) is 5.82 Å². The maximum absolute atomic E-state index is 12.0. The molecule has 0 spiro atoms. The molecule has 2 heterocycles. The van der Waals surface area contributed by atoms with E-state index in [-0.39, 0.29) is 10.8 Å². The highest BCUT2D eigenvalue weighted by atomic mass is 32.2. The number of thioether (sulfide) groups is 1. The van der Waals surface area contributed by atoms with Gasteiger partial charge in [-0.3, -0.25) is 0 Å². The summed E-state index contributed by atoms with van der Waals surface area (Å²) in [6.07, 6.45) is 4.24. The van der Waals surface area contributed by atoms with Crippen LogP contribution in [-0.2, 0) is 9.48 Å². The van der Waals surface area contributed by atoms with Crippen molar-refractivity contribution in [3.63, 3.8) is 0 Å². The van der Waals surface area contributed by atoms with E-state index in [1.165, 1.54) is 0 Å². The fourth-order valence-corrected chi connectivity index (χ4v) is 3.53. The van der Waals surface area contributed by atoms with Crippen LogP contribution in [0.15, 0.2) is 30.3 Å². The lowest BCUT2D eigenvalue weighted by atomic mass is 10.1. The number of hydrogen-bond acceptors (Lipinski definition) is 6. The zero-order valence-electron chi connectivity index (χ0n) is 17.8. The van der Waals surface area contributed by atoms with E-state index in [1.54, 1.807) is 11.8 Å². The molecule has 1 saturated carbocycles. The van der Waals surface area contributed by atoms with E-state index in [0.717, 1.165) is 48.7 Å². The van der Waals surface area contributed by atoms with E-state index < -0.39 is 0 Å². The van der Waals surface area contributed by atoms with Crippen LogP contribution in [0.4, 0.5) is 16.3 Å². The number of nitrogens with one attached hydrogen (secondary N) is 2. The maximum atomic E-state index is 12.0. The van der Waals surface area contributed by atoms with Gasteiger partial charge in [0.25, 0.3) is 0 Å². The lowest BCUT2D eigenvalue weighted by Gasteiger charge is -2.30. The number of carbonyl (C=O) groups is 1. The molecule has 7 nitrogen and oxygen atoms in total. The molecule has 2 aliphatic rings. The van der Waals surface area contributed by atoms with Crippen LogP contribution in [0, 0.1) is 0 Å². The Morgan fingerprint density at radius 3 is 2.50 bits per heavy atom. The molecule has 2 amide bonds. The molecule has 1 aliphatic heterocycles. The van der Waals surface area contributed by atoms with E-state index in [0.29, 0.717) is 25.1 Å². The molecule has 0 bridgehead atoms. The minimum absolute atomic E-state index is 0.124. The second-order valence-corrected chi connectivity index (χ2v) is 9.63. The maximum Gasteiger partial charge on any atom is 0.319 e. The van der Waals surface area contributed by atoms with Crippen LogP contribution in [0.1, 0.15) is 32.4 Å². The molecule has 1 aromatic carbocycles.